The molecule has 2 aromatic carbocycles. The number of aromatic nitrogens is 2. The summed E-state index contributed by atoms with van der Waals surface area (Å²) in [7, 11) is -3.78. The Labute approximate surface area is 165 Å². The number of sulfonamides is 1. The molecule has 0 saturated heterocycles. The minimum absolute atomic E-state index is 0.00808. The quantitative estimate of drug-likeness (QED) is 0.516. The molecule has 0 bridgehead atoms. The highest BCUT2D eigenvalue weighted by atomic mass is 32.2. The molecule has 2 aromatic heterocycles. The lowest BCUT2D eigenvalue weighted by molar-refractivity contribution is -0.311. The number of para-hydroxylation sites is 2. The van der Waals surface area contributed by atoms with Crippen LogP contribution in [0.15, 0.2) is 58.2 Å². The fourth-order valence-electron chi connectivity index (χ4n) is 3.26. The molecule has 4 N–H and O–H groups in total. The second-order valence-electron chi connectivity index (χ2n) is 6.51. The summed E-state index contributed by atoms with van der Waals surface area (Å²) in [6, 6.07) is 15.3. The minimum atomic E-state index is -3.78. The van der Waals surface area contributed by atoms with Crippen molar-refractivity contribution in [3.05, 3.63) is 75.2 Å². The maximum atomic E-state index is 13.2. The van der Waals surface area contributed by atoms with Gasteiger partial charge in [0.1, 0.15) is 11.6 Å². The Hall–Kier alpha value is -3.74. The molecule has 0 unspecified atom stereocenters. The van der Waals surface area contributed by atoms with Crippen molar-refractivity contribution in [3.63, 3.8) is 0 Å². The fourth-order valence-corrected chi connectivity index (χ4v) is 3.78. The van der Waals surface area contributed by atoms with Gasteiger partial charge in [-0.2, -0.15) is 9.66 Å². The largest absolute Gasteiger partial charge is 0.361 e. The van der Waals surface area contributed by atoms with Gasteiger partial charge in [0.2, 0.25) is 10.0 Å². The van der Waals surface area contributed by atoms with E-state index in [9.17, 15) is 18.5 Å². The fraction of sp³-hybridized carbons (Fsp3) is 0.0500. The molecule has 2 heterocycles. The molecule has 0 aliphatic rings. The van der Waals surface area contributed by atoms with E-state index >= 15 is 0 Å². The Morgan fingerprint density at radius 3 is 2.52 bits per heavy atom. The zero-order chi connectivity index (χ0) is 20.8. The van der Waals surface area contributed by atoms with E-state index in [1.54, 1.807) is 25.1 Å². The van der Waals surface area contributed by atoms with Crippen LogP contribution in [-0.4, -0.2) is 12.8 Å². The van der Waals surface area contributed by atoms with E-state index in [1.165, 1.54) is 22.7 Å². The van der Waals surface area contributed by atoms with Crippen molar-refractivity contribution in [1.82, 2.24) is 4.40 Å². The van der Waals surface area contributed by atoms with Crippen molar-refractivity contribution in [2.75, 3.05) is 5.32 Å². The first kappa shape index (κ1) is 18.6. The first-order chi connectivity index (χ1) is 13.8. The van der Waals surface area contributed by atoms with Crippen LogP contribution in [0.2, 0.25) is 0 Å². The third-order valence-corrected chi connectivity index (χ3v) is 5.68. The van der Waals surface area contributed by atoms with E-state index in [1.807, 2.05) is 18.2 Å². The first-order valence-electron chi connectivity index (χ1n) is 8.60. The van der Waals surface area contributed by atoms with Crippen molar-refractivity contribution in [1.29, 1.82) is 5.26 Å². The van der Waals surface area contributed by atoms with E-state index < -0.39 is 10.0 Å². The van der Waals surface area contributed by atoms with Crippen molar-refractivity contribution in [2.45, 2.75) is 11.8 Å². The lowest BCUT2D eigenvalue weighted by Crippen LogP contribution is -2.35. The molecule has 0 fully saturated rings. The molecule has 0 aliphatic carbocycles. The molecule has 29 heavy (non-hydrogen) atoms. The molecule has 0 saturated carbocycles. The number of primary sulfonamides is 1. The summed E-state index contributed by atoms with van der Waals surface area (Å²) in [5.74, 6) is 0. The van der Waals surface area contributed by atoms with E-state index in [-0.39, 0.29) is 10.5 Å². The monoisotopic (exact) mass is 406 g/mol. The zero-order valence-electron chi connectivity index (χ0n) is 15.3. The van der Waals surface area contributed by atoms with Crippen molar-refractivity contribution in [2.24, 2.45) is 5.14 Å². The second-order valence-corrected chi connectivity index (χ2v) is 8.08. The summed E-state index contributed by atoms with van der Waals surface area (Å²) < 4.78 is 24.2. The molecule has 8 nitrogen and oxygen atoms in total. The summed E-state index contributed by atoms with van der Waals surface area (Å²) in [5, 5.41) is 18.1. The predicted molar refractivity (Wildman–Crippen MR) is 108 cm³/mol. The number of rotatable bonds is 3. The molecular weight excluding hydrogens is 390 g/mol. The highest BCUT2D eigenvalue weighted by Gasteiger charge is 2.22. The van der Waals surface area contributed by atoms with E-state index in [0.29, 0.717) is 33.2 Å². The lowest BCUT2D eigenvalue weighted by atomic mass is 10.1. The number of hydrogen-bond donors (Lipinski definition) is 2. The van der Waals surface area contributed by atoms with Crippen LogP contribution in [0.25, 0.3) is 22.9 Å². The topological polar surface area (TPSA) is 132 Å². The normalized spacial score (nSPS) is 12.4. The van der Waals surface area contributed by atoms with Crippen LogP contribution in [0.4, 0.5) is 5.69 Å². The molecule has 4 aromatic rings. The lowest BCUT2D eigenvalue weighted by Gasteiger charge is -2.03. The Balaban J connectivity index is 1.90. The average molecular weight is 406 g/mol. The Kier molecular flexibility index (Phi) is 4.30. The number of pyridine rings is 1. The number of nitrogens with one attached hydrogen (secondary N) is 2. The third-order valence-electron chi connectivity index (χ3n) is 4.75. The molecular formula is C20H16N5O3S+. The van der Waals surface area contributed by atoms with Crippen LogP contribution in [0, 0.1) is 18.3 Å². The van der Waals surface area contributed by atoms with Crippen LogP contribution in [0.1, 0.15) is 11.1 Å². The van der Waals surface area contributed by atoms with Crippen LogP contribution in [0.5, 0.6) is 0 Å². The molecule has 144 valence electrons. The molecule has 4 rings (SSSR count). The van der Waals surface area contributed by atoms with Crippen molar-refractivity contribution < 1.29 is 13.4 Å². The van der Waals surface area contributed by atoms with Gasteiger partial charge >= 0.3 is 11.2 Å². The molecule has 0 radical (unpaired) electrons. The first-order valence-corrected chi connectivity index (χ1v) is 10.1. The number of aromatic amines is 1. The number of hydrogen-bond acceptors (Lipinski definition) is 5. The minimum Gasteiger partial charge on any atom is -0.361 e. The van der Waals surface area contributed by atoms with Gasteiger partial charge in [-0.1, -0.05) is 12.1 Å². The zero-order valence-corrected chi connectivity index (χ0v) is 16.1. The van der Waals surface area contributed by atoms with Gasteiger partial charge in [-0.25, -0.2) is 23.3 Å². The smallest absolute Gasteiger partial charge is 0.348 e. The maximum Gasteiger partial charge on any atom is 0.348 e. The molecule has 0 amide bonds. The van der Waals surface area contributed by atoms with Gasteiger partial charge in [0.25, 0.3) is 0 Å². The predicted octanol–water partition coefficient (Wildman–Crippen LogP) is 0.663. The number of benzene rings is 2. The average Bonchev–Trinajstić information content (AvgIpc) is 3.07. The van der Waals surface area contributed by atoms with E-state index in [2.05, 4.69) is 16.4 Å². The van der Waals surface area contributed by atoms with Gasteiger partial charge in [0.05, 0.1) is 10.1 Å². The number of imidazole rings is 1. The van der Waals surface area contributed by atoms with Gasteiger partial charge in [-0.15, -0.1) is 0 Å². The van der Waals surface area contributed by atoms with Gasteiger partial charge in [0.15, 0.2) is 11.0 Å². The van der Waals surface area contributed by atoms with Crippen LogP contribution >= 0.6 is 0 Å². The van der Waals surface area contributed by atoms with Crippen LogP contribution in [-0.2, 0) is 10.0 Å². The number of nitriles is 1. The van der Waals surface area contributed by atoms with Gasteiger partial charge < -0.3 is 5.32 Å². The summed E-state index contributed by atoms with van der Waals surface area (Å²) >= 11 is 0. The SMILES string of the molecule is Cc1c(C#N)c2[nH+]c3ccccc3n2c(=O)c1=CNc1ccc(S(N)(=O)=O)cc1. The summed E-state index contributed by atoms with van der Waals surface area (Å²) in [6.07, 6.45) is 1.51. The molecule has 0 atom stereocenters. The van der Waals surface area contributed by atoms with E-state index in [0.717, 1.165) is 5.52 Å². The van der Waals surface area contributed by atoms with Gasteiger partial charge in [-0.3, -0.25) is 0 Å². The molecule has 0 spiro atoms. The number of nitrogens with zero attached hydrogens (tertiary/aromatic N) is 2. The third kappa shape index (κ3) is 3.10. The summed E-state index contributed by atoms with van der Waals surface area (Å²) in [4.78, 5) is 16.3. The summed E-state index contributed by atoms with van der Waals surface area (Å²) in [5.41, 5.74) is 3.09. The number of H-pyrrole nitrogens is 1. The van der Waals surface area contributed by atoms with E-state index in [4.69, 9.17) is 5.14 Å². The maximum absolute atomic E-state index is 13.2. The highest BCUT2D eigenvalue weighted by Crippen LogP contribution is 2.15. The number of nitrogens with two attached hydrogens (primary N) is 1. The van der Waals surface area contributed by atoms with Gasteiger partial charge in [0, 0.05) is 11.9 Å². The number of fused-ring (bicyclic) bond motifs is 3. The van der Waals surface area contributed by atoms with Gasteiger partial charge in [-0.05, 0) is 48.9 Å². The van der Waals surface area contributed by atoms with Crippen LogP contribution in [0.3, 0.4) is 0 Å². The van der Waals surface area contributed by atoms with Crippen molar-refractivity contribution in [3.8, 4) is 6.07 Å². The Morgan fingerprint density at radius 1 is 1.17 bits per heavy atom. The Bertz CT molecular complexity index is 1530. The standard InChI is InChI=1S/C20H15N5O3S/c1-12-15(10-21)19-24-17-4-2-3-5-18(17)25(19)20(26)16(12)11-23-13-6-8-14(9-7-13)29(22,27)28/h2-9,11,23H,1H3,(H2,22,27,28)/p+1. The second kappa shape index (κ2) is 6.70. The van der Waals surface area contributed by atoms with Crippen molar-refractivity contribution >= 4 is 38.6 Å². The highest BCUT2D eigenvalue weighted by molar-refractivity contribution is 7.89. The number of anilines is 1. The summed E-state index contributed by atoms with van der Waals surface area (Å²) in [6.45, 7) is 1.71. The molecule has 0 aliphatic heterocycles. The Morgan fingerprint density at radius 2 is 1.86 bits per heavy atom. The molecule has 9 heteroatoms. The van der Waals surface area contributed by atoms with Crippen LogP contribution < -0.4 is 26.2 Å².